The molecule has 3 heteroatoms. The zero-order chi connectivity index (χ0) is 8.27. The monoisotopic (exact) mass is 151 g/mol. The highest BCUT2D eigenvalue weighted by molar-refractivity contribution is 5.33. The fourth-order valence-corrected chi connectivity index (χ4v) is 0.745. The van der Waals surface area contributed by atoms with Gasteiger partial charge in [-0.3, -0.25) is 4.98 Å². The second kappa shape index (κ2) is 3.32. The largest absolute Gasteiger partial charge is 0.359 e. The number of nitrogens with zero attached hydrogens (tertiary/aromatic N) is 3. The average molecular weight is 151 g/mol. The molecule has 0 unspecified atom stereocenters. The summed E-state index contributed by atoms with van der Waals surface area (Å²) in [4.78, 5) is 10.4. The molecule has 1 aromatic heterocycles. The van der Waals surface area contributed by atoms with Crippen LogP contribution in [0.25, 0.3) is 0 Å². The smallest absolute Gasteiger partial charge is 0.146 e. The number of aromatic nitrogens is 2. The van der Waals surface area contributed by atoms with E-state index in [2.05, 4.69) is 16.9 Å². The number of hydrogen-bond donors (Lipinski definition) is 0. The standard InChI is InChI=1S/C8H13N3/c1-4-11(3)8-6-9-7(2)5-10-8/h5-6H,4H2,1-3H3. The van der Waals surface area contributed by atoms with Crippen LogP contribution in [0.15, 0.2) is 12.4 Å². The van der Waals surface area contributed by atoms with Crippen LogP contribution in [-0.2, 0) is 0 Å². The number of aryl methyl sites for hydroxylation is 1. The van der Waals surface area contributed by atoms with Crippen molar-refractivity contribution in [2.24, 2.45) is 0 Å². The van der Waals surface area contributed by atoms with Crippen molar-refractivity contribution in [2.45, 2.75) is 13.8 Å². The summed E-state index contributed by atoms with van der Waals surface area (Å²) in [6.45, 7) is 4.97. The quantitative estimate of drug-likeness (QED) is 0.636. The molecule has 3 nitrogen and oxygen atoms in total. The predicted molar refractivity (Wildman–Crippen MR) is 45.7 cm³/mol. The Hall–Kier alpha value is -1.12. The summed E-state index contributed by atoms with van der Waals surface area (Å²) in [5.74, 6) is 0.929. The Balaban J connectivity index is 2.81. The molecule has 0 N–H and O–H groups in total. The van der Waals surface area contributed by atoms with Crippen molar-refractivity contribution < 1.29 is 0 Å². The topological polar surface area (TPSA) is 29.0 Å². The van der Waals surface area contributed by atoms with Crippen LogP contribution in [0.5, 0.6) is 0 Å². The van der Waals surface area contributed by atoms with Gasteiger partial charge in [-0.15, -0.1) is 0 Å². The third-order valence-electron chi connectivity index (χ3n) is 1.63. The SMILES string of the molecule is CCN(C)c1cnc(C)cn1. The van der Waals surface area contributed by atoms with Gasteiger partial charge in [-0.25, -0.2) is 4.98 Å². The van der Waals surface area contributed by atoms with Gasteiger partial charge in [-0.05, 0) is 13.8 Å². The van der Waals surface area contributed by atoms with Gasteiger partial charge < -0.3 is 4.90 Å². The van der Waals surface area contributed by atoms with E-state index in [1.807, 2.05) is 18.9 Å². The van der Waals surface area contributed by atoms with Crippen LogP contribution in [0.4, 0.5) is 5.82 Å². The minimum atomic E-state index is 0.929. The van der Waals surface area contributed by atoms with E-state index in [0.29, 0.717) is 0 Å². The highest BCUT2D eigenvalue weighted by atomic mass is 15.2. The molecular weight excluding hydrogens is 138 g/mol. The summed E-state index contributed by atoms with van der Waals surface area (Å²) in [6, 6.07) is 0. The van der Waals surface area contributed by atoms with Crippen molar-refractivity contribution in [3.05, 3.63) is 18.1 Å². The molecule has 60 valence electrons. The first-order valence-electron chi connectivity index (χ1n) is 3.74. The lowest BCUT2D eigenvalue weighted by Crippen LogP contribution is -2.17. The first-order chi connectivity index (χ1) is 5.24. The van der Waals surface area contributed by atoms with E-state index in [0.717, 1.165) is 18.1 Å². The molecule has 0 amide bonds. The summed E-state index contributed by atoms with van der Waals surface area (Å²) >= 11 is 0. The van der Waals surface area contributed by atoms with Crippen LogP contribution in [0.1, 0.15) is 12.6 Å². The minimum Gasteiger partial charge on any atom is -0.359 e. The van der Waals surface area contributed by atoms with Gasteiger partial charge in [0.15, 0.2) is 0 Å². The van der Waals surface area contributed by atoms with Crippen LogP contribution >= 0.6 is 0 Å². The van der Waals surface area contributed by atoms with E-state index in [-0.39, 0.29) is 0 Å². The molecule has 0 aliphatic heterocycles. The van der Waals surface area contributed by atoms with E-state index in [4.69, 9.17) is 0 Å². The van der Waals surface area contributed by atoms with E-state index >= 15 is 0 Å². The van der Waals surface area contributed by atoms with E-state index in [1.165, 1.54) is 0 Å². The lowest BCUT2D eigenvalue weighted by Gasteiger charge is -2.14. The zero-order valence-electron chi connectivity index (χ0n) is 7.20. The maximum atomic E-state index is 4.21. The highest BCUT2D eigenvalue weighted by Crippen LogP contribution is 2.04. The molecule has 1 rings (SSSR count). The second-order valence-corrected chi connectivity index (χ2v) is 2.53. The molecule has 11 heavy (non-hydrogen) atoms. The van der Waals surface area contributed by atoms with Crippen molar-refractivity contribution in [3.63, 3.8) is 0 Å². The number of anilines is 1. The normalized spacial score (nSPS) is 9.73. The van der Waals surface area contributed by atoms with Gasteiger partial charge in [0.2, 0.25) is 0 Å². The zero-order valence-corrected chi connectivity index (χ0v) is 7.20. The Bertz CT molecular complexity index is 217. The summed E-state index contributed by atoms with van der Waals surface area (Å²) in [6.07, 6.45) is 3.57. The molecule has 0 saturated heterocycles. The van der Waals surface area contributed by atoms with Crippen molar-refractivity contribution in [3.8, 4) is 0 Å². The first kappa shape index (κ1) is 7.98. The molecule has 1 heterocycles. The minimum absolute atomic E-state index is 0.929. The molecule has 0 saturated carbocycles. The third-order valence-corrected chi connectivity index (χ3v) is 1.63. The maximum Gasteiger partial charge on any atom is 0.146 e. The van der Waals surface area contributed by atoms with Gasteiger partial charge in [0.25, 0.3) is 0 Å². The van der Waals surface area contributed by atoms with Gasteiger partial charge in [-0.1, -0.05) is 0 Å². The summed E-state index contributed by atoms with van der Waals surface area (Å²) in [5.41, 5.74) is 0.957. The molecule has 0 atom stereocenters. The van der Waals surface area contributed by atoms with E-state index in [1.54, 1.807) is 12.4 Å². The van der Waals surface area contributed by atoms with Crippen LogP contribution in [-0.4, -0.2) is 23.6 Å². The van der Waals surface area contributed by atoms with Gasteiger partial charge in [-0.2, -0.15) is 0 Å². The average Bonchev–Trinajstić information content (AvgIpc) is 2.05. The third kappa shape index (κ3) is 1.90. The summed E-state index contributed by atoms with van der Waals surface area (Å²) < 4.78 is 0. The number of rotatable bonds is 2. The molecule has 0 bridgehead atoms. The summed E-state index contributed by atoms with van der Waals surface area (Å²) in [7, 11) is 2.00. The molecule has 0 spiro atoms. The van der Waals surface area contributed by atoms with Crippen LogP contribution in [0.3, 0.4) is 0 Å². The van der Waals surface area contributed by atoms with Crippen LogP contribution < -0.4 is 4.90 Å². The van der Waals surface area contributed by atoms with Gasteiger partial charge in [0, 0.05) is 13.6 Å². The fraction of sp³-hybridized carbons (Fsp3) is 0.500. The van der Waals surface area contributed by atoms with Crippen LogP contribution in [0, 0.1) is 6.92 Å². The Labute approximate surface area is 67.1 Å². The van der Waals surface area contributed by atoms with Crippen LogP contribution in [0.2, 0.25) is 0 Å². The van der Waals surface area contributed by atoms with E-state index < -0.39 is 0 Å². The lowest BCUT2D eigenvalue weighted by atomic mass is 10.5. The van der Waals surface area contributed by atoms with Gasteiger partial charge in [0.1, 0.15) is 5.82 Å². The Morgan fingerprint density at radius 2 is 2.09 bits per heavy atom. The lowest BCUT2D eigenvalue weighted by molar-refractivity contribution is 0.921. The predicted octanol–water partition coefficient (Wildman–Crippen LogP) is 1.24. The molecule has 1 aromatic rings. The Morgan fingerprint density at radius 1 is 1.36 bits per heavy atom. The molecule has 0 aliphatic rings. The Morgan fingerprint density at radius 3 is 2.55 bits per heavy atom. The molecular formula is C8H13N3. The molecule has 0 radical (unpaired) electrons. The maximum absolute atomic E-state index is 4.21. The Kier molecular flexibility index (Phi) is 2.41. The first-order valence-corrected chi connectivity index (χ1v) is 3.74. The van der Waals surface area contributed by atoms with E-state index in [9.17, 15) is 0 Å². The van der Waals surface area contributed by atoms with Gasteiger partial charge >= 0.3 is 0 Å². The van der Waals surface area contributed by atoms with Gasteiger partial charge in [0.05, 0.1) is 18.1 Å². The van der Waals surface area contributed by atoms with Crippen molar-refractivity contribution in [1.82, 2.24) is 9.97 Å². The van der Waals surface area contributed by atoms with Crippen molar-refractivity contribution >= 4 is 5.82 Å². The number of hydrogen-bond acceptors (Lipinski definition) is 3. The molecule has 0 fully saturated rings. The second-order valence-electron chi connectivity index (χ2n) is 2.53. The summed E-state index contributed by atoms with van der Waals surface area (Å²) in [5, 5.41) is 0. The fourth-order valence-electron chi connectivity index (χ4n) is 0.745. The van der Waals surface area contributed by atoms with Crippen molar-refractivity contribution in [2.75, 3.05) is 18.5 Å². The highest BCUT2D eigenvalue weighted by Gasteiger charge is 1.97. The molecule has 0 aliphatic carbocycles. The molecule has 0 aromatic carbocycles. The van der Waals surface area contributed by atoms with Crippen molar-refractivity contribution in [1.29, 1.82) is 0 Å².